The largest absolute Gasteiger partial charge is 0.497 e. The molecule has 0 fully saturated rings. The number of fused-ring (bicyclic) bond motifs is 1. The molecule has 0 spiro atoms. The van der Waals surface area contributed by atoms with Crippen molar-refractivity contribution >= 4 is 11.8 Å². The number of methoxy groups -OCH3 is 1. The van der Waals surface area contributed by atoms with Crippen LogP contribution in [0.5, 0.6) is 5.75 Å². The minimum absolute atomic E-state index is 0.0580. The van der Waals surface area contributed by atoms with Crippen molar-refractivity contribution in [3.8, 4) is 5.75 Å². The summed E-state index contributed by atoms with van der Waals surface area (Å²) in [6, 6.07) is 15.2. The Bertz CT molecular complexity index is 847. The van der Waals surface area contributed by atoms with E-state index in [2.05, 4.69) is 12.2 Å². The first-order valence-electron chi connectivity index (χ1n) is 9.80. The molecule has 2 amide bonds. The van der Waals surface area contributed by atoms with Crippen LogP contribution < -0.4 is 10.1 Å². The zero-order valence-corrected chi connectivity index (χ0v) is 16.8. The number of amides is 2. The highest BCUT2D eigenvalue weighted by Crippen LogP contribution is 2.31. The molecule has 1 aliphatic heterocycles. The quantitative estimate of drug-likeness (QED) is 0.799. The van der Waals surface area contributed by atoms with Gasteiger partial charge in [0.05, 0.1) is 7.11 Å². The van der Waals surface area contributed by atoms with Crippen molar-refractivity contribution in [1.29, 1.82) is 0 Å². The molecule has 148 valence electrons. The van der Waals surface area contributed by atoms with E-state index in [9.17, 15) is 9.59 Å². The average molecular weight is 380 g/mol. The molecule has 5 heteroatoms. The molecule has 3 rings (SSSR count). The van der Waals surface area contributed by atoms with Gasteiger partial charge in [-0.2, -0.15) is 0 Å². The van der Waals surface area contributed by atoms with Crippen molar-refractivity contribution in [2.75, 3.05) is 13.7 Å². The van der Waals surface area contributed by atoms with Gasteiger partial charge in [-0.1, -0.05) is 43.7 Å². The van der Waals surface area contributed by atoms with Gasteiger partial charge in [-0.25, -0.2) is 0 Å². The summed E-state index contributed by atoms with van der Waals surface area (Å²) in [5.74, 6) is 0.599. The molecule has 28 heavy (non-hydrogen) atoms. The summed E-state index contributed by atoms with van der Waals surface area (Å²) in [5, 5.41) is 3.03. The number of ether oxygens (including phenoxy) is 1. The van der Waals surface area contributed by atoms with Gasteiger partial charge >= 0.3 is 0 Å². The molecule has 0 saturated carbocycles. The molecule has 1 atom stereocenters. The number of nitrogens with one attached hydrogen (secondary N) is 1. The highest BCUT2D eigenvalue weighted by atomic mass is 16.5. The second-order valence-electron chi connectivity index (χ2n) is 7.45. The van der Waals surface area contributed by atoms with E-state index in [1.165, 1.54) is 0 Å². The third-order valence-corrected chi connectivity index (χ3v) is 5.46. The molecule has 2 aromatic carbocycles. The molecule has 1 aliphatic rings. The molecule has 0 unspecified atom stereocenters. The molecule has 2 aromatic rings. The number of carbonyl (C=O) groups is 2. The van der Waals surface area contributed by atoms with Gasteiger partial charge in [0.15, 0.2) is 0 Å². The maximum atomic E-state index is 13.2. The summed E-state index contributed by atoms with van der Waals surface area (Å²) in [7, 11) is 1.63. The van der Waals surface area contributed by atoms with Crippen LogP contribution in [0.1, 0.15) is 48.2 Å². The normalized spacial score (nSPS) is 18.5. The van der Waals surface area contributed by atoms with E-state index in [0.717, 1.165) is 29.7 Å². The number of benzene rings is 2. The standard InChI is InChI=1S/C23H28N2O3/c1-4-5-14-25-21(26)20-9-7-6-8-18(20)15-23(25,2)22(27)24-16-17-10-12-19(28-3)13-11-17/h6-13H,4-5,14-16H2,1-3H3,(H,24,27)/t23-/m1/s1. The van der Waals surface area contributed by atoms with Gasteiger partial charge < -0.3 is 15.0 Å². The molecule has 0 radical (unpaired) electrons. The van der Waals surface area contributed by atoms with Crippen LogP contribution in [-0.2, 0) is 17.8 Å². The topological polar surface area (TPSA) is 58.6 Å². The van der Waals surface area contributed by atoms with E-state index in [4.69, 9.17) is 4.74 Å². The first kappa shape index (κ1) is 19.9. The van der Waals surface area contributed by atoms with Gasteiger partial charge in [-0.15, -0.1) is 0 Å². The van der Waals surface area contributed by atoms with E-state index < -0.39 is 5.54 Å². The summed E-state index contributed by atoms with van der Waals surface area (Å²) in [4.78, 5) is 28.1. The van der Waals surface area contributed by atoms with Crippen molar-refractivity contribution in [3.05, 3.63) is 65.2 Å². The smallest absolute Gasteiger partial charge is 0.255 e. The van der Waals surface area contributed by atoms with Crippen molar-refractivity contribution in [2.24, 2.45) is 0 Å². The van der Waals surface area contributed by atoms with Crippen LogP contribution in [0.3, 0.4) is 0 Å². The van der Waals surface area contributed by atoms with Crippen LogP contribution in [0.4, 0.5) is 0 Å². The number of hydrogen-bond acceptors (Lipinski definition) is 3. The number of carbonyl (C=O) groups excluding carboxylic acids is 2. The van der Waals surface area contributed by atoms with E-state index in [-0.39, 0.29) is 11.8 Å². The Hall–Kier alpha value is -2.82. The maximum Gasteiger partial charge on any atom is 0.255 e. The van der Waals surface area contributed by atoms with Crippen LogP contribution in [0.2, 0.25) is 0 Å². The average Bonchev–Trinajstić information content (AvgIpc) is 2.72. The summed E-state index contributed by atoms with van der Waals surface area (Å²) in [6.45, 7) is 4.95. The van der Waals surface area contributed by atoms with Crippen LogP contribution in [-0.4, -0.2) is 35.9 Å². The number of nitrogens with zero attached hydrogens (tertiary/aromatic N) is 1. The molecule has 1 heterocycles. The highest BCUT2D eigenvalue weighted by molar-refractivity contribution is 6.02. The monoisotopic (exact) mass is 380 g/mol. The molecule has 5 nitrogen and oxygen atoms in total. The van der Waals surface area contributed by atoms with Crippen molar-refractivity contribution in [2.45, 2.75) is 45.2 Å². The summed E-state index contributed by atoms with van der Waals surface area (Å²) >= 11 is 0. The Morgan fingerprint density at radius 3 is 2.57 bits per heavy atom. The summed E-state index contributed by atoms with van der Waals surface area (Å²) in [5.41, 5.74) is 1.73. The zero-order chi connectivity index (χ0) is 20.1. The second kappa shape index (κ2) is 8.46. The molecular weight excluding hydrogens is 352 g/mol. The third kappa shape index (κ3) is 3.88. The van der Waals surface area contributed by atoms with Gasteiger partial charge in [0.1, 0.15) is 11.3 Å². The minimum atomic E-state index is -0.896. The minimum Gasteiger partial charge on any atom is -0.497 e. The molecule has 1 N–H and O–H groups in total. The van der Waals surface area contributed by atoms with Gasteiger partial charge in [0.25, 0.3) is 5.91 Å². The lowest BCUT2D eigenvalue weighted by atomic mass is 9.82. The van der Waals surface area contributed by atoms with Crippen LogP contribution in [0, 0.1) is 0 Å². The lowest BCUT2D eigenvalue weighted by Crippen LogP contribution is -2.62. The van der Waals surface area contributed by atoms with E-state index in [1.807, 2.05) is 55.5 Å². The Kier molecular flexibility index (Phi) is 6.02. The molecular formula is C23H28N2O3. The fourth-order valence-corrected chi connectivity index (χ4v) is 3.70. The van der Waals surface area contributed by atoms with E-state index in [0.29, 0.717) is 25.1 Å². The van der Waals surface area contributed by atoms with Crippen LogP contribution in [0.25, 0.3) is 0 Å². The molecule has 0 bridgehead atoms. The SMILES string of the molecule is CCCCN1C(=O)c2ccccc2C[C@]1(C)C(=O)NCc1ccc(OC)cc1. The predicted molar refractivity (Wildman–Crippen MR) is 109 cm³/mol. The summed E-state index contributed by atoms with van der Waals surface area (Å²) in [6.07, 6.45) is 2.36. The van der Waals surface area contributed by atoms with Gasteiger partial charge in [0.2, 0.25) is 5.91 Å². The van der Waals surface area contributed by atoms with Crippen molar-refractivity contribution < 1.29 is 14.3 Å². The Morgan fingerprint density at radius 2 is 1.89 bits per heavy atom. The fraction of sp³-hybridized carbons (Fsp3) is 0.391. The summed E-state index contributed by atoms with van der Waals surface area (Å²) < 4.78 is 5.17. The van der Waals surface area contributed by atoms with Crippen LogP contribution in [0.15, 0.2) is 48.5 Å². The van der Waals surface area contributed by atoms with Crippen molar-refractivity contribution in [3.63, 3.8) is 0 Å². The highest BCUT2D eigenvalue weighted by Gasteiger charge is 2.46. The van der Waals surface area contributed by atoms with Gasteiger partial charge in [-0.3, -0.25) is 9.59 Å². The maximum absolute atomic E-state index is 13.2. The zero-order valence-electron chi connectivity index (χ0n) is 16.8. The second-order valence-corrected chi connectivity index (χ2v) is 7.45. The fourth-order valence-electron chi connectivity index (χ4n) is 3.70. The third-order valence-electron chi connectivity index (χ3n) is 5.46. The predicted octanol–water partition coefficient (Wildman–Crippen LogP) is 3.57. The van der Waals surface area contributed by atoms with E-state index >= 15 is 0 Å². The number of hydrogen-bond donors (Lipinski definition) is 1. The van der Waals surface area contributed by atoms with Gasteiger partial charge in [0, 0.05) is 25.1 Å². The molecule has 0 aliphatic carbocycles. The Balaban J connectivity index is 1.81. The lowest BCUT2D eigenvalue weighted by Gasteiger charge is -2.44. The van der Waals surface area contributed by atoms with Crippen LogP contribution >= 0.6 is 0 Å². The van der Waals surface area contributed by atoms with E-state index in [1.54, 1.807) is 12.0 Å². The Morgan fingerprint density at radius 1 is 1.18 bits per heavy atom. The number of rotatable bonds is 7. The van der Waals surface area contributed by atoms with Gasteiger partial charge in [-0.05, 0) is 42.7 Å². The molecule has 0 saturated heterocycles. The molecule has 0 aromatic heterocycles. The number of unbranched alkanes of at least 4 members (excludes halogenated alkanes) is 1. The lowest BCUT2D eigenvalue weighted by molar-refractivity contribution is -0.131. The first-order chi connectivity index (χ1) is 13.5. The Labute approximate surface area is 166 Å². The van der Waals surface area contributed by atoms with Crippen molar-refractivity contribution in [1.82, 2.24) is 10.2 Å². The first-order valence-corrected chi connectivity index (χ1v) is 9.80.